The van der Waals surface area contributed by atoms with E-state index in [-0.39, 0.29) is 23.6 Å². The van der Waals surface area contributed by atoms with Crippen molar-refractivity contribution in [2.75, 3.05) is 0 Å². The van der Waals surface area contributed by atoms with E-state index in [4.69, 9.17) is 5.26 Å². The van der Waals surface area contributed by atoms with E-state index in [1.54, 1.807) is 0 Å². The maximum absolute atomic E-state index is 11.9. The second kappa shape index (κ2) is 7.22. The molecule has 0 heterocycles. The van der Waals surface area contributed by atoms with Gasteiger partial charge in [-0.05, 0) is 26.3 Å². The van der Waals surface area contributed by atoms with E-state index >= 15 is 0 Å². The number of carbonyl (C=O) groups is 1. The molecule has 19 heavy (non-hydrogen) atoms. The Balaban J connectivity index is 2.68. The lowest BCUT2D eigenvalue weighted by Crippen LogP contribution is -2.29. The largest absolute Gasteiger partial charge is 0.387 e. The van der Waals surface area contributed by atoms with Crippen molar-refractivity contribution < 1.29 is 4.79 Å². The lowest BCUT2D eigenvalue weighted by Gasteiger charge is -2.14. The Morgan fingerprint density at radius 2 is 1.89 bits per heavy atom. The molecule has 1 aromatic rings. The summed E-state index contributed by atoms with van der Waals surface area (Å²) in [6.45, 7) is 5.77. The molecule has 0 fully saturated rings. The summed E-state index contributed by atoms with van der Waals surface area (Å²) in [5, 5.41) is 14.7. The number of nitrogens with zero attached hydrogens (tertiary/aromatic N) is 1. The van der Waals surface area contributed by atoms with Gasteiger partial charge in [0.15, 0.2) is 0 Å². The first-order valence-corrected chi connectivity index (χ1v) is 6.26. The summed E-state index contributed by atoms with van der Waals surface area (Å²) in [7, 11) is 0. The van der Waals surface area contributed by atoms with E-state index in [0.717, 1.165) is 5.56 Å². The fourth-order valence-electron chi connectivity index (χ4n) is 1.50. The summed E-state index contributed by atoms with van der Waals surface area (Å²) in [5.41, 5.74) is 1.08. The van der Waals surface area contributed by atoms with Crippen LogP contribution >= 0.6 is 0 Å². The number of carbonyl (C=O) groups excluding carboxylic acids is 1. The van der Waals surface area contributed by atoms with Crippen molar-refractivity contribution in [3.63, 3.8) is 0 Å². The van der Waals surface area contributed by atoms with E-state index in [9.17, 15) is 4.79 Å². The van der Waals surface area contributed by atoms with Crippen molar-refractivity contribution >= 4 is 5.91 Å². The fraction of sp³-hybridized carbons (Fsp3) is 0.333. The molecule has 100 valence electrons. The van der Waals surface area contributed by atoms with Gasteiger partial charge >= 0.3 is 0 Å². The molecule has 0 aliphatic heterocycles. The van der Waals surface area contributed by atoms with Crippen LogP contribution < -0.4 is 10.6 Å². The maximum atomic E-state index is 11.9. The molecule has 4 heteroatoms. The fourth-order valence-corrected chi connectivity index (χ4v) is 1.50. The lowest BCUT2D eigenvalue weighted by molar-refractivity contribution is -0.117. The van der Waals surface area contributed by atoms with Crippen LogP contribution in [0, 0.1) is 11.3 Å². The Bertz CT molecular complexity index is 486. The third kappa shape index (κ3) is 4.84. The minimum absolute atomic E-state index is 0.0801. The van der Waals surface area contributed by atoms with Gasteiger partial charge in [0.1, 0.15) is 11.6 Å². The van der Waals surface area contributed by atoms with E-state index in [2.05, 4.69) is 10.6 Å². The van der Waals surface area contributed by atoms with Crippen LogP contribution in [0.1, 0.15) is 32.4 Å². The number of nitrogens with one attached hydrogen (secondary N) is 2. The van der Waals surface area contributed by atoms with Crippen molar-refractivity contribution in [3.05, 3.63) is 47.7 Å². The van der Waals surface area contributed by atoms with Crippen LogP contribution in [0.5, 0.6) is 0 Å². The number of hydrogen-bond donors (Lipinski definition) is 2. The summed E-state index contributed by atoms with van der Waals surface area (Å²) >= 11 is 0. The van der Waals surface area contributed by atoms with E-state index < -0.39 is 0 Å². The average Bonchev–Trinajstić information content (AvgIpc) is 2.40. The van der Waals surface area contributed by atoms with Gasteiger partial charge in [-0.3, -0.25) is 4.79 Å². The first kappa shape index (κ1) is 14.8. The molecule has 1 rings (SSSR count). The highest BCUT2D eigenvalue weighted by Gasteiger charge is 2.13. The van der Waals surface area contributed by atoms with Gasteiger partial charge in [0.2, 0.25) is 0 Å². The smallest absolute Gasteiger partial charge is 0.263 e. The molecule has 2 N–H and O–H groups in total. The Labute approximate surface area is 114 Å². The predicted octanol–water partition coefficient (Wildman–Crippen LogP) is 2.27. The van der Waals surface area contributed by atoms with Crippen LogP contribution in [0.3, 0.4) is 0 Å². The number of amides is 1. The number of rotatable bonds is 5. The van der Waals surface area contributed by atoms with Crippen molar-refractivity contribution in [1.29, 1.82) is 5.26 Å². The highest BCUT2D eigenvalue weighted by molar-refractivity contribution is 5.97. The molecule has 0 aromatic heterocycles. The molecule has 0 saturated carbocycles. The van der Waals surface area contributed by atoms with Crippen LogP contribution in [0.4, 0.5) is 0 Å². The molecule has 1 amide bonds. The minimum Gasteiger partial charge on any atom is -0.387 e. The van der Waals surface area contributed by atoms with Crippen molar-refractivity contribution in [2.45, 2.75) is 32.9 Å². The van der Waals surface area contributed by atoms with Gasteiger partial charge in [0, 0.05) is 12.2 Å². The molecule has 1 atom stereocenters. The Hall–Kier alpha value is -2.28. The Morgan fingerprint density at radius 1 is 1.26 bits per heavy atom. The number of nitriles is 1. The molecule has 0 radical (unpaired) electrons. The number of hydrogen-bond acceptors (Lipinski definition) is 3. The van der Waals surface area contributed by atoms with Crippen molar-refractivity contribution in [2.24, 2.45) is 0 Å². The van der Waals surface area contributed by atoms with Gasteiger partial charge in [0.25, 0.3) is 5.91 Å². The zero-order chi connectivity index (χ0) is 14.3. The molecule has 0 spiro atoms. The molecule has 1 unspecified atom stereocenters. The third-order valence-electron chi connectivity index (χ3n) is 2.57. The first-order valence-electron chi connectivity index (χ1n) is 6.26. The summed E-state index contributed by atoms with van der Waals surface area (Å²) < 4.78 is 0. The topological polar surface area (TPSA) is 64.9 Å². The third-order valence-corrected chi connectivity index (χ3v) is 2.57. The van der Waals surface area contributed by atoms with E-state index in [1.807, 2.05) is 57.2 Å². The lowest BCUT2D eigenvalue weighted by atomic mass is 10.1. The first-order chi connectivity index (χ1) is 9.04. The standard InChI is InChI=1S/C15H19N3O/c1-11(2)17-10-14(9-16)15(19)18-12(3)13-7-5-4-6-8-13/h4-8,10-12,17H,1-3H3,(H,18,19)/b14-10-. The van der Waals surface area contributed by atoms with Crippen LogP contribution in [0.25, 0.3) is 0 Å². The molecular weight excluding hydrogens is 238 g/mol. The molecule has 4 nitrogen and oxygen atoms in total. The summed E-state index contributed by atoms with van der Waals surface area (Å²) in [6, 6.07) is 11.6. The Morgan fingerprint density at radius 3 is 2.42 bits per heavy atom. The summed E-state index contributed by atoms with van der Waals surface area (Å²) in [6.07, 6.45) is 1.46. The van der Waals surface area contributed by atoms with Crippen LogP contribution in [-0.2, 0) is 4.79 Å². The highest BCUT2D eigenvalue weighted by atomic mass is 16.1. The quantitative estimate of drug-likeness (QED) is 0.628. The van der Waals surface area contributed by atoms with E-state index in [0.29, 0.717) is 0 Å². The Kier molecular flexibility index (Phi) is 5.62. The average molecular weight is 257 g/mol. The summed E-state index contributed by atoms with van der Waals surface area (Å²) in [5.74, 6) is -0.369. The van der Waals surface area contributed by atoms with Crippen LogP contribution in [0.2, 0.25) is 0 Å². The minimum atomic E-state index is -0.369. The normalized spacial score (nSPS) is 12.7. The molecule has 0 saturated heterocycles. The monoisotopic (exact) mass is 257 g/mol. The molecule has 0 aliphatic rings. The summed E-state index contributed by atoms with van der Waals surface area (Å²) in [4.78, 5) is 11.9. The van der Waals surface area contributed by atoms with Gasteiger partial charge < -0.3 is 10.6 Å². The van der Waals surface area contributed by atoms with Gasteiger partial charge in [-0.1, -0.05) is 30.3 Å². The highest BCUT2D eigenvalue weighted by Crippen LogP contribution is 2.11. The maximum Gasteiger partial charge on any atom is 0.263 e. The second-order valence-corrected chi connectivity index (χ2v) is 4.60. The van der Waals surface area contributed by atoms with Crippen LogP contribution in [-0.4, -0.2) is 11.9 Å². The van der Waals surface area contributed by atoms with Crippen molar-refractivity contribution in [1.82, 2.24) is 10.6 Å². The molecule has 0 bridgehead atoms. The molecular formula is C15H19N3O. The van der Waals surface area contributed by atoms with Gasteiger partial charge in [-0.2, -0.15) is 5.26 Å². The molecule has 0 aliphatic carbocycles. The van der Waals surface area contributed by atoms with Gasteiger partial charge in [0.05, 0.1) is 6.04 Å². The van der Waals surface area contributed by atoms with Crippen molar-refractivity contribution in [3.8, 4) is 6.07 Å². The van der Waals surface area contributed by atoms with Crippen LogP contribution in [0.15, 0.2) is 42.1 Å². The van der Waals surface area contributed by atoms with Gasteiger partial charge in [-0.25, -0.2) is 0 Å². The van der Waals surface area contributed by atoms with E-state index in [1.165, 1.54) is 6.20 Å². The second-order valence-electron chi connectivity index (χ2n) is 4.60. The zero-order valence-corrected chi connectivity index (χ0v) is 11.5. The molecule has 1 aromatic carbocycles. The zero-order valence-electron chi connectivity index (χ0n) is 11.5. The van der Waals surface area contributed by atoms with Gasteiger partial charge in [-0.15, -0.1) is 0 Å². The predicted molar refractivity (Wildman–Crippen MR) is 75.0 cm³/mol. The number of benzene rings is 1. The SMILES string of the molecule is CC(C)N/C=C(/C#N)C(=O)NC(C)c1ccccc1.